The Hall–Kier alpha value is -2.55. The highest BCUT2D eigenvalue weighted by molar-refractivity contribution is 6.03. The second kappa shape index (κ2) is 6.22. The van der Waals surface area contributed by atoms with Crippen molar-refractivity contribution in [2.45, 2.75) is 50.7 Å². The van der Waals surface area contributed by atoms with E-state index in [1.807, 2.05) is 6.07 Å². The Morgan fingerprint density at radius 2 is 2.03 bits per heavy atom. The number of rotatable bonds is 4. The molecule has 1 aromatic carbocycles. The smallest absolute Gasteiger partial charge is 0.351 e. The van der Waals surface area contributed by atoms with Crippen molar-refractivity contribution in [2.75, 3.05) is 11.9 Å². The van der Waals surface area contributed by atoms with Gasteiger partial charge in [0.25, 0.3) is 5.91 Å². The van der Waals surface area contributed by atoms with Crippen LogP contribution in [0.15, 0.2) is 41.3 Å². The number of anilines is 1. The first-order valence-corrected chi connectivity index (χ1v) is 9.78. The second-order valence-corrected chi connectivity index (χ2v) is 8.46. The number of amides is 1. The molecule has 3 heterocycles. The lowest BCUT2D eigenvalue weighted by Gasteiger charge is -2.36. The summed E-state index contributed by atoms with van der Waals surface area (Å²) in [6.45, 7) is 4.17. The number of fused-ring (bicyclic) bond motifs is 2. The number of nitrogens with zero attached hydrogens (tertiary/aromatic N) is 2. The van der Waals surface area contributed by atoms with Crippen molar-refractivity contribution in [1.82, 2.24) is 9.55 Å². The van der Waals surface area contributed by atoms with Crippen LogP contribution in [-0.4, -0.2) is 45.0 Å². The Balaban J connectivity index is 1.43. The van der Waals surface area contributed by atoms with Crippen LogP contribution in [0.25, 0.3) is 0 Å². The van der Waals surface area contributed by atoms with E-state index in [0.29, 0.717) is 17.7 Å². The fraction of sp³-hybridized carbons (Fsp3) is 0.476. The van der Waals surface area contributed by atoms with Gasteiger partial charge in [-0.1, -0.05) is 25.1 Å². The zero-order chi connectivity index (χ0) is 20.4. The van der Waals surface area contributed by atoms with Crippen LogP contribution >= 0.6 is 0 Å². The number of hydrogen-bond donors (Lipinski definition) is 2. The van der Waals surface area contributed by atoms with Crippen LogP contribution in [0.1, 0.15) is 41.9 Å². The molecular weight excluding hydrogens is 374 g/mol. The monoisotopic (exact) mass is 397 g/mol. The maximum atomic E-state index is 12.7. The molecule has 1 aromatic heterocycles. The number of ether oxygens (including phenoxy) is 2. The fourth-order valence-electron chi connectivity index (χ4n) is 4.43. The van der Waals surface area contributed by atoms with Crippen molar-refractivity contribution in [1.29, 1.82) is 0 Å². The van der Waals surface area contributed by atoms with Gasteiger partial charge in [0.1, 0.15) is 23.6 Å². The Kier molecular flexibility index (Phi) is 3.96. The first-order valence-electron chi connectivity index (χ1n) is 9.78. The minimum atomic E-state index is -0.787. The summed E-state index contributed by atoms with van der Waals surface area (Å²) < 4.78 is 13.4. The molecule has 8 heteroatoms. The summed E-state index contributed by atoms with van der Waals surface area (Å²) in [6, 6.07) is 8.72. The third kappa shape index (κ3) is 2.67. The number of aryl methyl sites for hydroxylation is 1. The molecule has 3 aliphatic rings. The molecule has 29 heavy (non-hydrogen) atoms. The van der Waals surface area contributed by atoms with Gasteiger partial charge in [0.2, 0.25) is 0 Å². The van der Waals surface area contributed by atoms with Gasteiger partial charge in [-0.3, -0.25) is 9.36 Å². The average molecular weight is 397 g/mol. The number of carbonyl (C=O) groups is 1. The van der Waals surface area contributed by atoms with E-state index in [1.165, 1.54) is 4.57 Å². The molecule has 8 nitrogen and oxygen atoms in total. The predicted molar refractivity (Wildman–Crippen MR) is 104 cm³/mol. The molecule has 1 saturated carbocycles. The van der Waals surface area contributed by atoms with Crippen molar-refractivity contribution < 1.29 is 19.4 Å². The molecule has 1 amide bonds. The van der Waals surface area contributed by atoms with Crippen molar-refractivity contribution in [3.05, 3.63) is 58.1 Å². The highest BCUT2D eigenvalue weighted by Crippen LogP contribution is 2.63. The van der Waals surface area contributed by atoms with Crippen LogP contribution in [-0.2, 0) is 9.47 Å². The maximum Gasteiger partial charge on any atom is 0.351 e. The summed E-state index contributed by atoms with van der Waals surface area (Å²) in [4.78, 5) is 29.2. The molecule has 2 N–H and O–H groups in total. The molecule has 1 aliphatic carbocycles. The molecule has 0 radical (unpaired) electrons. The standard InChI is InChI=1S/C21H23N3O5/c1-12-10-24(18-14-15(25)21(29-18,11-28-14)20(2)8-9-20)19(27)23-16(12)22-17(26)13-6-4-3-5-7-13/h3-7,10,14-15,18,25H,8-9,11H2,1-2H3,(H,22,23,26,27)/t14?,15-,18-,21+/m1/s1. The Labute approximate surface area is 167 Å². The molecule has 2 saturated heterocycles. The lowest BCUT2D eigenvalue weighted by molar-refractivity contribution is -0.198. The highest BCUT2D eigenvalue weighted by Gasteiger charge is 2.72. The van der Waals surface area contributed by atoms with E-state index < -0.39 is 29.7 Å². The van der Waals surface area contributed by atoms with Crippen molar-refractivity contribution in [3.8, 4) is 0 Å². The van der Waals surface area contributed by atoms with E-state index in [2.05, 4.69) is 17.2 Å². The fourth-order valence-corrected chi connectivity index (χ4v) is 4.43. The van der Waals surface area contributed by atoms with E-state index in [4.69, 9.17) is 9.47 Å². The van der Waals surface area contributed by atoms with Crippen LogP contribution in [0.4, 0.5) is 5.82 Å². The topological polar surface area (TPSA) is 103 Å². The number of nitrogens with one attached hydrogen (secondary N) is 1. The third-order valence-electron chi connectivity index (χ3n) is 6.59. The van der Waals surface area contributed by atoms with Crippen molar-refractivity contribution >= 4 is 11.7 Å². The van der Waals surface area contributed by atoms with Gasteiger partial charge in [-0.05, 0) is 31.9 Å². The predicted octanol–water partition coefficient (Wildman–Crippen LogP) is 1.63. The molecule has 0 spiro atoms. The molecule has 152 valence electrons. The number of aliphatic hydroxyl groups excluding tert-OH is 1. The number of hydrogen-bond acceptors (Lipinski definition) is 6. The highest BCUT2D eigenvalue weighted by atomic mass is 16.6. The van der Waals surface area contributed by atoms with Gasteiger partial charge in [-0.25, -0.2) is 4.79 Å². The van der Waals surface area contributed by atoms with Gasteiger partial charge in [-0.15, -0.1) is 0 Å². The summed E-state index contributed by atoms with van der Waals surface area (Å²) in [5, 5.41) is 13.5. The minimum Gasteiger partial charge on any atom is -0.387 e. The quantitative estimate of drug-likeness (QED) is 0.813. The number of aromatic nitrogens is 2. The van der Waals surface area contributed by atoms with Gasteiger partial charge in [0, 0.05) is 22.7 Å². The SMILES string of the molecule is Cc1cn([C@@H]2O[C@@]3(C4(C)CC4)COC2[C@H]3O)c(=O)nc1NC(=O)c1ccccc1. The number of benzene rings is 1. The molecule has 2 aliphatic heterocycles. The van der Waals surface area contributed by atoms with Gasteiger partial charge in [0.15, 0.2) is 6.23 Å². The first kappa shape index (κ1) is 18.5. The van der Waals surface area contributed by atoms with E-state index in [1.54, 1.807) is 37.4 Å². The Morgan fingerprint density at radius 3 is 2.72 bits per heavy atom. The zero-order valence-electron chi connectivity index (χ0n) is 16.3. The van der Waals surface area contributed by atoms with Gasteiger partial charge in [0.05, 0.1) is 6.61 Å². The van der Waals surface area contributed by atoms with E-state index in [0.717, 1.165) is 12.8 Å². The minimum absolute atomic E-state index is 0.133. The first-order chi connectivity index (χ1) is 13.8. The second-order valence-electron chi connectivity index (χ2n) is 8.46. The van der Waals surface area contributed by atoms with Gasteiger partial charge >= 0.3 is 5.69 Å². The normalized spacial score (nSPS) is 31.6. The average Bonchev–Trinajstić information content (AvgIpc) is 3.32. The zero-order valence-corrected chi connectivity index (χ0v) is 16.3. The lowest BCUT2D eigenvalue weighted by atomic mass is 9.83. The molecule has 2 aromatic rings. The molecule has 3 fully saturated rings. The number of aliphatic hydroxyl groups is 1. The Morgan fingerprint density at radius 1 is 1.31 bits per heavy atom. The molecule has 4 atom stereocenters. The summed E-state index contributed by atoms with van der Waals surface area (Å²) in [5.41, 5.74) is -0.392. The largest absolute Gasteiger partial charge is 0.387 e. The van der Waals surface area contributed by atoms with Crippen molar-refractivity contribution in [2.24, 2.45) is 5.41 Å². The van der Waals surface area contributed by atoms with Gasteiger partial charge in [-0.2, -0.15) is 4.98 Å². The van der Waals surface area contributed by atoms with E-state index >= 15 is 0 Å². The lowest BCUT2D eigenvalue weighted by Crippen LogP contribution is -2.48. The maximum absolute atomic E-state index is 12.7. The van der Waals surface area contributed by atoms with Gasteiger partial charge < -0.3 is 19.9 Å². The van der Waals surface area contributed by atoms with Crippen LogP contribution in [0.2, 0.25) is 0 Å². The van der Waals surface area contributed by atoms with Crippen LogP contribution < -0.4 is 11.0 Å². The molecular formula is C21H23N3O5. The summed E-state index contributed by atoms with van der Waals surface area (Å²) in [6.07, 6.45) is 1.38. The summed E-state index contributed by atoms with van der Waals surface area (Å²) >= 11 is 0. The number of carbonyl (C=O) groups excluding carboxylic acids is 1. The van der Waals surface area contributed by atoms with Crippen LogP contribution in [0.5, 0.6) is 0 Å². The summed E-state index contributed by atoms with van der Waals surface area (Å²) in [5.74, 6) is -0.137. The molecule has 1 unspecified atom stereocenters. The van der Waals surface area contributed by atoms with Crippen LogP contribution in [0, 0.1) is 12.3 Å². The van der Waals surface area contributed by atoms with E-state index in [-0.39, 0.29) is 17.1 Å². The van der Waals surface area contributed by atoms with Crippen LogP contribution in [0.3, 0.4) is 0 Å². The third-order valence-corrected chi connectivity index (χ3v) is 6.59. The van der Waals surface area contributed by atoms with E-state index in [9.17, 15) is 14.7 Å². The molecule has 5 rings (SSSR count). The summed E-state index contributed by atoms with van der Waals surface area (Å²) in [7, 11) is 0. The Bertz CT molecular complexity index is 1030. The van der Waals surface area contributed by atoms with Crippen molar-refractivity contribution in [3.63, 3.8) is 0 Å². The molecule has 2 bridgehead atoms.